The highest BCUT2D eigenvalue weighted by Gasteiger charge is 2.22. The third kappa shape index (κ3) is 2.40. The Morgan fingerprint density at radius 1 is 1.17 bits per heavy atom. The fraction of sp³-hybridized carbons (Fsp3) is 0.0714. The highest BCUT2D eigenvalue weighted by atomic mass is 32.2. The van der Waals surface area contributed by atoms with E-state index in [0.717, 1.165) is 0 Å². The Morgan fingerprint density at radius 2 is 2.04 bits per heavy atom. The molecule has 1 aliphatic rings. The standard InChI is InChI=1S/C14H11N5O3S/c20-13-4-8-3-10(1-2-11(8)18-13)23(21,22)19-9-5-12-14(15-6-9)17-7-16-12/h1-3,5-7,19H,4H2,(H,18,20)(H,15,16,17). The molecule has 0 saturated carbocycles. The van der Waals surface area contributed by atoms with E-state index in [1.54, 1.807) is 12.1 Å². The van der Waals surface area contributed by atoms with Crippen molar-refractivity contribution in [2.24, 2.45) is 0 Å². The summed E-state index contributed by atoms with van der Waals surface area (Å²) in [5.41, 5.74) is 2.79. The first kappa shape index (κ1) is 13.7. The van der Waals surface area contributed by atoms with Gasteiger partial charge in [0.1, 0.15) is 0 Å². The van der Waals surface area contributed by atoms with Crippen LogP contribution in [-0.4, -0.2) is 29.3 Å². The van der Waals surface area contributed by atoms with Crippen molar-refractivity contribution < 1.29 is 13.2 Å². The van der Waals surface area contributed by atoms with E-state index in [4.69, 9.17) is 0 Å². The molecule has 3 heterocycles. The highest BCUT2D eigenvalue weighted by Crippen LogP contribution is 2.27. The lowest BCUT2D eigenvalue weighted by atomic mass is 10.2. The van der Waals surface area contributed by atoms with Gasteiger partial charge in [0.05, 0.1) is 35.0 Å². The van der Waals surface area contributed by atoms with Gasteiger partial charge >= 0.3 is 0 Å². The number of sulfonamides is 1. The molecule has 3 N–H and O–H groups in total. The van der Waals surface area contributed by atoms with Gasteiger partial charge < -0.3 is 10.3 Å². The molecule has 0 aliphatic carbocycles. The summed E-state index contributed by atoms with van der Waals surface area (Å²) in [5, 5.41) is 2.67. The Bertz CT molecular complexity index is 1040. The average Bonchev–Trinajstić information content (AvgIpc) is 3.10. The molecule has 3 aromatic rings. The number of imidazole rings is 1. The van der Waals surface area contributed by atoms with Crippen molar-refractivity contribution in [2.75, 3.05) is 10.0 Å². The maximum Gasteiger partial charge on any atom is 0.261 e. The normalized spacial score (nSPS) is 13.8. The number of H-pyrrole nitrogens is 1. The van der Waals surface area contributed by atoms with E-state index >= 15 is 0 Å². The number of carbonyl (C=O) groups excluding carboxylic acids is 1. The van der Waals surface area contributed by atoms with Gasteiger partial charge in [-0.05, 0) is 29.8 Å². The van der Waals surface area contributed by atoms with Crippen LogP contribution >= 0.6 is 0 Å². The average molecular weight is 329 g/mol. The van der Waals surface area contributed by atoms with Gasteiger partial charge in [0.2, 0.25) is 5.91 Å². The van der Waals surface area contributed by atoms with E-state index in [9.17, 15) is 13.2 Å². The molecular weight excluding hydrogens is 318 g/mol. The Kier molecular flexibility index (Phi) is 2.85. The number of anilines is 2. The van der Waals surface area contributed by atoms with Crippen molar-refractivity contribution in [3.05, 3.63) is 42.4 Å². The summed E-state index contributed by atoms with van der Waals surface area (Å²) in [5.74, 6) is -0.142. The number of fused-ring (bicyclic) bond motifs is 2. The van der Waals surface area contributed by atoms with E-state index in [1.807, 2.05) is 0 Å². The molecule has 0 unspecified atom stereocenters. The fourth-order valence-electron chi connectivity index (χ4n) is 2.47. The largest absolute Gasteiger partial charge is 0.343 e. The minimum atomic E-state index is -3.77. The van der Waals surface area contributed by atoms with Crippen LogP contribution in [0.1, 0.15) is 5.56 Å². The number of hydrogen-bond acceptors (Lipinski definition) is 5. The molecule has 9 heteroatoms. The second kappa shape index (κ2) is 4.78. The summed E-state index contributed by atoms with van der Waals surface area (Å²) in [6.45, 7) is 0. The van der Waals surface area contributed by atoms with E-state index in [-0.39, 0.29) is 17.2 Å². The monoisotopic (exact) mass is 329 g/mol. The number of amides is 1. The first-order valence-electron chi connectivity index (χ1n) is 6.76. The van der Waals surface area contributed by atoms with Gasteiger partial charge in [0.15, 0.2) is 5.65 Å². The van der Waals surface area contributed by atoms with Crippen LogP contribution in [0.3, 0.4) is 0 Å². The molecule has 8 nitrogen and oxygen atoms in total. The van der Waals surface area contributed by atoms with Crippen LogP contribution in [0.25, 0.3) is 11.2 Å². The number of carbonyl (C=O) groups is 1. The van der Waals surface area contributed by atoms with Crippen LogP contribution < -0.4 is 10.0 Å². The van der Waals surface area contributed by atoms with Crippen molar-refractivity contribution in [3.8, 4) is 0 Å². The summed E-state index contributed by atoms with van der Waals surface area (Å²) in [6.07, 6.45) is 3.07. The van der Waals surface area contributed by atoms with Gasteiger partial charge in [-0.1, -0.05) is 0 Å². The van der Waals surface area contributed by atoms with Crippen LogP contribution in [0.15, 0.2) is 41.7 Å². The molecule has 0 atom stereocenters. The molecule has 0 spiro atoms. The number of hydrogen-bond donors (Lipinski definition) is 3. The molecule has 4 rings (SSSR count). The topological polar surface area (TPSA) is 117 Å². The zero-order chi connectivity index (χ0) is 16.0. The lowest BCUT2D eigenvalue weighted by Crippen LogP contribution is -2.13. The van der Waals surface area contributed by atoms with Gasteiger partial charge in [0.25, 0.3) is 10.0 Å². The van der Waals surface area contributed by atoms with Crippen molar-refractivity contribution >= 4 is 38.5 Å². The zero-order valence-electron chi connectivity index (χ0n) is 11.7. The van der Waals surface area contributed by atoms with Crippen molar-refractivity contribution in [2.45, 2.75) is 11.3 Å². The van der Waals surface area contributed by atoms with Crippen LogP contribution in [-0.2, 0) is 21.2 Å². The van der Waals surface area contributed by atoms with Crippen molar-refractivity contribution in [1.82, 2.24) is 15.0 Å². The molecule has 0 bridgehead atoms. The highest BCUT2D eigenvalue weighted by molar-refractivity contribution is 7.92. The summed E-state index contributed by atoms with van der Waals surface area (Å²) in [6, 6.07) is 6.16. The number of nitrogens with one attached hydrogen (secondary N) is 3. The molecule has 1 aliphatic heterocycles. The van der Waals surface area contributed by atoms with Gasteiger partial charge in [-0.15, -0.1) is 0 Å². The minimum absolute atomic E-state index is 0.0949. The summed E-state index contributed by atoms with van der Waals surface area (Å²) >= 11 is 0. The number of aromatic amines is 1. The number of rotatable bonds is 3. The van der Waals surface area contributed by atoms with E-state index in [0.29, 0.717) is 28.1 Å². The summed E-state index contributed by atoms with van der Waals surface area (Å²) < 4.78 is 27.5. The number of nitrogens with zero attached hydrogens (tertiary/aromatic N) is 2. The smallest absolute Gasteiger partial charge is 0.261 e. The predicted octanol–water partition coefficient (Wildman–Crippen LogP) is 1.25. The maximum atomic E-state index is 12.5. The maximum absolute atomic E-state index is 12.5. The van der Waals surface area contributed by atoms with Crippen molar-refractivity contribution in [3.63, 3.8) is 0 Å². The lowest BCUT2D eigenvalue weighted by molar-refractivity contribution is -0.115. The second-order valence-electron chi connectivity index (χ2n) is 5.15. The fourth-order valence-corrected chi connectivity index (χ4v) is 3.56. The minimum Gasteiger partial charge on any atom is -0.343 e. The molecule has 0 saturated heterocycles. The molecule has 0 fully saturated rings. The Hall–Kier alpha value is -2.94. The van der Waals surface area contributed by atoms with Crippen LogP contribution in [0.4, 0.5) is 11.4 Å². The summed E-state index contributed by atoms with van der Waals surface area (Å²) in [7, 11) is -3.77. The molecular formula is C14H11N5O3S. The lowest BCUT2D eigenvalue weighted by Gasteiger charge is -2.09. The Labute approximate surface area is 131 Å². The molecule has 1 amide bonds. The summed E-state index contributed by atoms with van der Waals surface area (Å²) in [4.78, 5) is 22.4. The Morgan fingerprint density at radius 3 is 2.91 bits per heavy atom. The quantitative estimate of drug-likeness (QED) is 0.668. The van der Waals surface area contributed by atoms with E-state index in [2.05, 4.69) is 25.0 Å². The molecule has 0 radical (unpaired) electrons. The number of aromatic nitrogens is 3. The van der Waals surface area contributed by atoms with Gasteiger partial charge in [0, 0.05) is 5.69 Å². The molecule has 1 aromatic carbocycles. The van der Waals surface area contributed by atoms with Crippen LogP contribution in [0.2, 0.25) is 0 Å². The van der Waals surface area contributed by atoms with Gasteiger partial charge in [-0.2, -0.15) is 0 Å². The van der Waals surface area contributed by atoms with E-state index < -0.39 is 10.0 Å². The van der Waals surface area contributed by atoms with Crippen LogP contribution in [0.5, 0.6) is 0 Å². The number of pyridine rings is 1. The number of benzene rings is 1. The predicted molar refractivity (Wildman–Crippen MR) is 83.5 cm³/mol. The first-order valence-corrected chi connectivity index (χ1v) is 8.24. The van der Waals surface area contributed by atoms with Gasteiger partial charge in [-0.25, -0.2) is 18.4 Å². The zero-order valence-corrected chi connectivity index (χ0v) is 12.5. The third-order valence-corrected chi connectivity index (χ3v) is 4.92. The van der Waals surface area contributed by atoms with Crippen LogP contribution in [0, 0.1) is 0 Å². The SMILES string of the molecule is O=C1Cc2cc(S(=O)(=O)Nc3cnc4nc[nH]c4c3)ccc2N1. The molecule has 116 valence electrons. The second-order valence-corrected chi connectivity index (χ2v) is 6.83. The first-order chi connectivity index (χ1) is 11.0. The Balaban J connectivity index is 1.67. The van der Waals surface area contributed by atoms with Crippen molar-refractivity contribution in [1.29, 1.82) is 0 Å². The third-order valence-electron chi connectivity index (χ3n) is 3.54. The van der Waals surface area contributed by atoms with E-state index in [1.165, 1.54) is 24.7 Å². The molecule has 2 aromatic heterocycles. The van der Waals surface area contributed by atoms with Gasteiger partial charge in [-0.3, -0.25) is 9.52 Å². The molecule has 23 heavy (non-hydrogen) atoms.